The molecule has 0 radical (unpaired) electrons. The number of aliphatic hydroxyl groups is 3. The molecule has 1 heterocycles. The number of rotatable bonds is 7. The number of ether oxygens (including phenoxy) is 2. The standard InChI is InChI=1S/C16H28N4O5/c1-9(2)25-15(19-11(4)17)13-10(3)20-16(23,6-7-18-13)14(22)12(8-21)24-5/h7,9,12,14,20-23H,4,6,8,17H2,1-3,5H3. The first-order chi connectivity index (χ1) is 11.6. The summed E-state index contributed by atoms with van der Waals surface area (Å²) in [6.45, 7) is 8.37. The van der Waals surface area contributed by atoms with Crippen molar-refractivity contribution in [3.63, 3.8) is 0 Å². The van der Waals surface area contributed by atoms with Gasteiger partial charge in [-0.1, -0.05) is 6.58 Å². The van der Waals surface area contributed by atoms with Crippen molar-refractivity contribution in [2.45, 2.75) is 51.2 Å². The van der Waals surface area contributed by atoms with E-state index in [0.717, 1.165) is 0 Å². The van der Waals surface area contributed by atoms with E-state index in [1.54, 1.807) is 6.92 Å². The summed E-state index contributed by atoms with van der Waals surface area (Å²) in [5.41, 5.74) is 4.48. The van der Waals surface area contributed by atoms with Crippen molar-refractivity contribution in [3.8, 4) is 0 Å². The normalized spacial score (nSPS) is 23.9. The summed E-state index contributed by atoms with van der Waals surface area (Å²) in [5.74, 6) is 0.193. The molecule has 1 rings (SSSR count). The van der Waals surface area contributed by atoms with E-state index in [1.165, 1.54) is 13.3 Å². The van der Waals surface area contributed by atoms with E-state index in [1.807, 2.05) is 13.8 Å². The number of nitrogens with two attached hydrogens (primary N) is 1. The van der Waals surface area contributed by atoms with Gasteiger partial charge in [0.25, 0.3) is 0 Å². The molecule has 0 saturated carbocycles. The Balaban J connectivity index is 3.22. The molecular formula is C16H28N4O5. The lowest BCUT2D eigenvalue weighted by Crippen LogP contribution is -2.59. The van der Waals surface area contributed by atoms with Crippen LogP contribution >= 0.6 is 0 Å². The van der Waals surface area contributed by atoms with E-state index < -0.39 is 24.5 Å². The quantitative estimate of drug-likeness (QED) is 0.308. The van der Waals surface area contributed by atoms with Gasteiger partial charge in [-0.2, -0.15) is 4.99 Å². The van der Waals surface area contributed by atoms with Crippen LogP contribution in [0.3, 0.4) is 0 Å². The maximum atomic E-state index is 10.8. The van der Waals surface area contributed by atoms with Gasteiger partial charge in [-0.15, -0.1) is 0 Å². The SMILES string of the molecule is C=C(N)N=C(OC(C)C)C1=C(C)NC(O)(C(O)C(CO)OC)CC=N1. The van der Waals surface area contributed by atoms with E-state index in [4.69, 9.17) is 15.2 Å². The van der Waals surface area contributed by atoms with Crippen LogP contribution in [0.4, 0.5) is 0 Å². The van der Waals surface area contributed by atoms with Crippen LogP contribution in [-0.4, -0.2) is 65.2 Å². The molecule has 1 aliphatic rings. The molecule has 0 fully saturated rings. The number of aliphatic hydroxyl groups excluding tert-OH is 2. The van der Waals surface area contributed by atoms with Gasteiger partial charge >= 0.3 is 0 Å². The predicted octanol–water partition coefficient (Wildman–Crippen LogP) is -0.408. The van der Waals surface area contributed by atoms with Gasteiger partial charge in [-0.05, 0) is 20.8 Å². The van der Waals surface area contributed by atoms with E-state index >= 15 is 0 Å². The molecule has 0 saturated heterocycles. The second-order valence-corrected chi connectivity index (χ2v) is 6.02. The van der Waals surface area contributed by atoms with Crippen LogP contribution in [-0.2, 0) is 9.47 Å². The summed E-state index contributed by atoms with van der Waals surface area (Å²) >= 11 is 0. The van der Waals surface area contributed by atoms with Crippen LogP contribution in [0, 0.1) is 0 Å². The smallest absolute Gasteiger partial charge is 0.243 e. The van der Waals surface area contributed by atoms with Gasteiger partial charge in [0.15, 0.2) is 5.72 Å². The molecule has 0 bridgehead atoms. The highest BCUT2D eigenvalue weighted by molar-refractivity contribution is 5.96. The fraction of sp³-hybridized carbons (Fsp3) is 0.625. The Bertz CT molecular complexity index is 569. The third-order valence-corrected chi connectivity index (χ3v) is 3.50. The Hall–Kier alpha value is -1.94. The van der Waals surface area contributed by atoms with Crippen molar-refractivity contribution in [1.82, 2.24) is 5.32 Å². The van der Waals surface area contributed by atoms with Gasteiger partial charge in [0.05, 0.1) is 12.7 Å². The van der Waals surface area contributed by atoms with E-state index in [2.05, 4.69) is 21.9 Å². The maximum absolute atomic E-state index is 10.8. The molecule has 9 nitrogen and oxygen atoms in total. The van der Waals surface area contributed by atoms with Crippen LogP contribution in [0.25, 0.3) is 0 Å². The first-order valence-electron chi connectivity index (χ1n) is 7.90. The molecule has 1 aliphatic heterocycles. The average molecular weight is 356 g/mol. The third kappa shape index (κ3) is 5.53. The number of aliphatic imine (C=N–C) groups is 2. The van der Waals surface area contributed by atoms with Crippen LogP contribution < -0.4 is 11.1 Å². The molecule has 0 aromatic heterocycles. The topological polar surface area (TPSA) is 142 Å². The summed E-state index contributed by atoms with van der Waals surface area (Å²) in [6.07, 6.45) is -1.17. The largest absolute Gasteiger partial charge is 0.473 e. The Morgan fingerprint density at radius 1 is 1.56 bits per heavy atom. The van der Waals surface area contributed by atoms with Crippen LogP contribution in [0.2, 0.25) is 0 Å². The molecule has 9 heteroatoms. The van der Waals surface area contributed by atoms with Gasteiger partial charge in [0.2, 0.25) is 5.90 Å². The van der Waals surface area contributed by atoms with Gasteiger partial charge in [-0.25, -0.2) is 0 Å². The average Bonchev–Trinajstić information content (AvgIpc) is 2.65. The lowest BCUT2D eigenvalue weighted by Gasteiger charge is -2.36. The second-order valence-electron chi connectivity index (χ2n) is 6.02. The molecular weight excluding hydrogens is 328 g/mol. The molecule has 0 aromatic rings. The van der Waals surface area contributed by atoms with Crippen molar-refractivity contribution in [2.24, 2.45) is 15.7 Å². The van der Waals surface area contributed by atoms with Crippen molar-refractivity contribution >= 4 is 12.1 Å². The first kappa shape index (κ1) is 21.1. The minimum Gasteiger partial charge on any atom is -0.473 e. The summed E-state index contributed by atoms with van der Waals surface area (Å²) in [7, 11) is 1.33. The first-order valence-corrected chi connectivity index (χ1v) is 7.90. The van der Waals surface area contributed by atoms with Crippen molar-refractivity contribution in [1.29, 1.82) is 0 Å². The Kier molecular flexibility index (Phi) is 7.56. The van der Waals surface area contributed by atoms with Crippen LogP contribution in [0.1, 0.15) is 27.2 Å². The maximum Gasteiger partial charge on any atom is 0.243 e. The highest BCUT2D eigenvalue weighted by Gasteiger charge is 2.41. The van der Waals surface area contributed by atoms with Gasteiger partial charge in [0.1, 0.15) is 23.7 Å². The van der Waals surface area contributed by atoms with Crippen LogP contribution in [0.15, 0.2) is 33.8 Å². The third-order valence-electron chi connectivity index (χ3n) is 3.50. The number of hydrogen-bond donors (Lipinski definition) is 5. The number of nitrogens with one attached hydrogen (secondary N) is 1. The van der Waals surface area contributed by atoms with Crippen LogP contribution in [0.5, 0.6) is 0 Å². The number of hydrogen-bond acceptors (Lipinski definition) is 9. The molecule has 3 unspecified atom stereocenters. The Morgan fingerprint density at radius 2 is 2.20 bits per heavy atom. The van der Waals surface area contributed by atoms with Crippen molar-refractivity contribution in [2.75, 3.05) is 13.7 Å². The Labute approximate surface area is 147 Å². The highest BCUT2D eigenvalue weighted by Crippen LogP contribution is 2.23. The molecule has 25 heavy (non-hydrogen) atoms. The summed E-state index contributed by atoms with van der Waals surface area (Å²) in [6, 6.07) is 0. The highest BCUT2D eigenvalue weighted by atomic mass is 16.5. The van der Waals surface area contributed by atoms with Gasteiger partial charge in [0, 0.05) is 25.4 Å². The zero-order valence-corrected chi connectivity index (χ0v) is 15.1. The van der Waals surface area contributed by atoms with E-state index in [0.29, 0.717) is 11.4 Å². The van der Waals surface area contributed by atoms with E-state index in [9.17, 15) is 15.3 Å². The summed E-state index contributed by atoms with van der Waals surface area (Å²) in [4.78, 5) is 8.31. The lowest BCUT2D eigenvalue weighted by atomic mass is 9.98. The van der Waals surface area contributed by atoms with Gasteiger partial charge in [-0.3, -0.25) is 4.99 Å². The molecule has 0 amide bonds. The molecule has 0 spiro atoms. The second kappa shape index (κ2) is 8.95. The molecule has 6 N–H and O–H groups in total. The fourth-order valence-corrected chi connectivity index (χ4v) is 2.32. The predicted molar refractivity (Wildman–Crippen MR) is 94.8 cm³/mol. The minimum absolute atomic E-state index is 0.0343. The fourth-order valence-electron chi connectivity index (χ4n) is 2.32. The molecule has 0 aliphatic carbocycles. The Morgan fingerprint density at radius 3 is 2.68 bits per heavy atom. The monoisotopic (exact) mass is 356 g/mol. The minimum atomic E-state index is -1.79. The summed E-state index contributed by atoms with van der Waals surface area (Å²) in [5, 5.41) is 33.3. The van der Waals surface area contributed by atoms with Gasteiger partial charge < -0.3 is 35.8 Å². The number of nitrogens with zero attached hydrogens (tertiary/aromatic N) is 2. The molecule has 142 valence electrons. The van der Waals surface area contributed by atoms with Crippen molar-refractivity contribution in [3.05, 3.63) is 23.8 Å². The zero-order valence-electron chi connectivity index (χ0n) is 15.1. The molecule has 3 atom stereocenters. The summed E-state index contributed by atoms with van der Waals surface area (Å²) < 4.78 is 10.6. The number of allylic oxidation sites excluding steroid dienone is 1. The van der Waals surface area contributed by atoms with E-state index in [-0.39, 0.29) is 24.2 Å². The lowest BCUT2D eigenvalue weighted by molar-refractivity contribution is -0.151. The molecule has 0 aromatic carbocycles. The number of methoxy groups -OCH3 is 1. The zero-order chi connectivity index (χ0) is 19.2. The van der Waals surface area contributed by atoms with Crippen molar-refractivity contribution < 1.29 is 24.8 Å².